The van der Waals surface area contributed by atoms with Crippen LogP contribution in [-0.2, 0) is 4.74 Å². The minimum Gasteiger partial charge on any atom is -0.465 e. The van der Waals surface area contributed by atoms with Gasteiger partial charge in [-0.2, -0.15) is 0 Å². The van der Waals surface area contributed by atoms with Crippen LogP contribution in [0.2, 0.25) is 5.15 Å². The van der Waals surface area contributed by atoms with E-state index in [-0.39, 0.29) is 5.15 Å². The highest BCUT2D eigenvalue weighted by atomic mass is 35.5. The van der Waals surface area contributed by atoms with Gasteiger partial charge in [0, 0.05) is 13.1 Å². The van der Waals surface area contributed by atoms with Crippen LogP contribution in [0, 0.1) is 0 Å². The van der Waals surface area contributed by atoms with Crippen LogP contribution in [0.3, 0.4) is 0 Å². The summed E-state index contributed by atoms with van der Waals surface area (Å²) in [5.74, 6) is -0.411. The van der Waals surface area contributed by atoms with E-state index in [1.54, 1.807) is 0 Å². The zero-order valence-corrected chi connectivity index (χ0v) is 10.6. The third kappa shape index (κ3) is 2.30. The van der Waals surface area contributed by atoms with E-state index >= 15 is 0 Å². The lowest BCUT2D eigenvalue weighted by molar-refractivity contribution is 0.0606. The van der Waals surface area contributed by atoms with Crippen molar-refractivity contribution in [2.45, 2.75) is 19.3 Å². The number of carbonyl (C=O) groups excluding carboxylic acids is 1. The number of esters is 1. The van der Waals surface area contributed by atoms with Crippen molar-refractivity contribution in [3.63, 3.8) is 0 Å². The Morgan fingerprint density at radius 3 is 2.75 bits per heavy atom. The molecule has 0 atom stereocenters. The van der Waals surface area contributed by atoms with Crippen LogP contribution in [0.4, 0.5) is 5.13 Å². The molecular formula is C10H13ClN2O2S. The summed E-state index contributed by atoms with van der Waals surface area (Å²) in [5.41, 5.74) is 0. The fraction of sp³-hybridized carbons (Fsp3) is 0.600. The summed E-state index contributed by atoms with van der Waals surface area (Å²) >= 11 is 7.22. The molecule has 1 aromatic heterocycles. The number of hydrogen-bond acceptors (Lipinski definition) is 5. The maximum atomic E-state index is 11.4. The van der Waals surface area contributed by atoms with Crippen LogP contribution in [-0.4, -0.2) is 31.2 Å². The van der Waals surface area contributed by atoms with Gasteiger partial charge in [-0.25, -0.2) is 9.78 Å². The zero-order chi connectivity index (χ0) is 11.5. The van der Waals surface area contributed by atoms with Crippen LogP contribution < -0.4 is 4.90 Å². The summed E-state index contributed by atoms with van der Waals surface area (Å²) in [6.07, 6.45) is 3.61. The first-order valence-electron chi connectivity index (χ1n) is 5.22. The number of carbonyl (C=O) groups is 1. The van der Waals surface area contributed by atoms with E-state index in [1.807, 2.05) is 0 Å². The second kappa shape index (κ2) is 5.01. The Kier molecular flexibility index (Phi) is 3.66. The van der Waals surface area contributed by atoms with Crippen molar-refractivity contribution >= 4 is 34.0 Å². The number of halogens is 1. The average Bonchev–Trinajstić information content (AvgIpc) is 2.71. The maximum Gasteiger partial charge on any atom is 0.351 e. The number of aromatic nitrogens is 1. The third-order valence-corrected chi connectivity index (χ3v) is 4.05. The quantitative estimate of drug-likeness (QED) is 0.767. The molecule has 0 amide bonds. The molecule has 1 saturated heterocycles. The Labute approximate surface area is 103 Å². The molecular weight excluding hydrogens is 248 g/mol. The van der Waals surface area contributed by atoms with Gasteiger partial charge < -0.3 is 9.64 Å². The monoisotopic (exact) mass is 260 g/mol. The molecule has 1 fully saturated rings. The molecule has 1 aliphatic heterocycles. The first-order chi connectivity index (χ1) is 7.72. The van der Waals surface area contributed by atoms with Gasteiger partial charge in [-0.05, 0) is 19.3 Å². The second-order valence-electron chi connectivity index (χ2n) is 3.66. The Bertz CT molecular complexity index is 388. The lowest BCUT2D eigenvalue weighted by Gasteiger charge is -2.25. The summed E-state index contributed by atoms with van der Waals surface area (Å²) in [5, 5.41) is 1.07. The fourth-order valence-corrected chi connectivity index (χ4v) is 2.98. The van der Waals surface area contributed by atoms with Crippen molar-refractivity contribution in [2.75, 3.05) is 25.1 Å². The van der Waals surface area contributed by atoms with Crippen molar-refractivity contribution in [1.29, 1.82) is 0 Å². The van der Waals surface area contributed by atoms with E-state index < -0.39 is 5.97 Å². The number of nitrogens with zero attached hydrogens (tertiary/aromatic N) is 2. The first kappa shape index (κ1) is 11.7. The molecule has 2 heterocycles. The molecule has 6 heteroatoms. The number of thiazole rings is 1. The van der Waals surface area contributed by atoms with Crippen LogP contribution in [0.1, 0.15) is 28.9 Å². The minimum absolute atomic E-state index is 0.248. The summed E-state index contributed by atoms with van der Waals surface area (Å²) in [6.45, 7) is 1.98. The Balaban J connectivity index is 2.19. The van der Waals surface area contributed by atoms with Gasteiger partial charge in [0.15, 0.2) is 15.2 Å². The van der Waals surface area contributed by atoms with E-state index in [4.69, 9.17) is 11.6 Å². The van der Waals surface area contributed by atoms with Gasteiger partial charge in [-0.1, -0.05) is 22.9 Å². The van der Waals surface area contributed by atoms with Crippen LogP contribution in [0.5, 0.6) is 0 Å². The normalized spacial score (nSPS) is 16.2. The van der Waals surface area contributed by atoms with E-state index in [1.165, 1.54) is 37.7 Å². The van der Waals surface area contributed by atoms with Gasteiger partial charge in [0.2, 0.25) is 0 Å². The molecule has 0 unspecified atom stereocenters. The number of hydrogen-bond donors (Lipinski definition) is 0. The van der Waals surface area contributed by atoms with E-state index in [0.29, 0.717) is 4.88 Å². The predicted molar refractivity (Wildman–Crippen MR) is 64.5 cm³/mol. The Morgan fingerprint density at radius 2 is 2.12 bits per heavy atom. The molecule has 0 spiro atoms. The molecule has 16 heavy (non-hydrogen) atoms. The van der Waals surface area contributed by atoms with Gasteiger partial charge in [-0.15, -0.1) is 0 Å². The molecule has 0 saturated carbocycles. The van der Waals surface area contributed by atoms with Gasteiger partial charge >= 0.3 is 5.97 Å². The Hall–Kier alpha value is -0.810. The van der Waals surface area contributed by atoms with Crippen LogP contribution in [0.25, 0.3) is 0 Å². The largest absolute Gasteiger partial charge is 0.465 e. The van der Waals surface area contributed by atoms with E-state index in [9.17, 15) is 4.79 Å². The van der Waals surface area contributed by atoms with Crippen molar-refractivity contribution in [2.24, 2.45) is 0 Å². The van der Waals surface area contributed by atoms with Gasteiger partial charge in [0.25, 0.3) is 0 Å². The van der Waals surface area contributed by atoms with Gasteiger partial charge in [0.1, 0.15) is 0 Å². The van der Waals surface area contributed by atoms with Gasteiger partial charge in [0.05, 0.1) is 7.11 Å². The average molecular weight is 261 g/mol. The molecule has 1 aliphatic rings. The molecule has 1 aromatic rings. The lowest BCUT2D eigenvalue weighted by Crippen LogP contribution is -2.29. The highest BCUT2D eigenvalue weighted by molar-refractivity contribution is 7.18. The molecule has 4 nitrogen and oxygen atoms in total. The van der Waals surface area contributed by atoms with Crippen molar-refractivity contribution in [3.8, 4) is 0 Å². The van der Waals surface area contributed by atoms with Crippen molar-refractivity contribution < 1.29 is 9.53 Å². The SMILES string of the molecule is COC(=O)c1sc(N2CCCCC2)nc1Cl. The number of methoxy groups -OCH3 is 1. The summed E-state index contributed by atoms with van der Waals surface area (Å²) in [7, 11) is 1.35. The number of piperidine rings is 1. The number of anilines is 1. The summed E-state index contributed by atoms with van der Waals surface area (Å²) in [6, 6.07) is 0. The summed E-state index contributed by atoms with van der Waals surface area (Å²) < 4.78 is 4.65. The second-order valence-corrected chi connectivity index (χ2v) is 4.99. The molecule has 0 aromatic carbocycles. The molecule has 88 valence electrons. The highest BCUT2D eigenvalue weighted by Gasteiger charge is 2.21. The van der Waals surface area contributed by atoms with E-state index in [0.717, 1.165) is 18.2 Å². The third-order valence-electron chi connectivity index (χ3n) is 2.57. The molecule has 0 N–H and O–H groups in total. The van der Waals surface area contributed by atoms with Crippen LogP contribution >= 0.6 is 22.9 Å². The predicted octanol–water partition coefficient (Wildman–Crippen LogP) is 2.57. The van der Waals surface area contributed by atoms with Crippen LogP contribution in [0.15, 0.2) is 0 Å². The van der Waals surface area contributed by atoms with Crippen molar-refractivity contribution in [1.82, 2.24) is 4.98 Å². The highest BCUT2D eigenvalue weighted by Crippen LogP contribution is 2.31. The zero-order valence-electron chi connectivity index (χ0n) is 9.03. The molecule has 0 aliphatic carbocycles. The molecule has 2 rings (SSSR count). The minimum atomic E-state index is -0.411. The number of rotatable bonds is 2. The lowest BCUT2D eigenvalue weighted by atomic mass is 10.1. The number of ether oxygens (including phenoxy) is 1. The topological polar surface area (TPSA) is 42.4 Å². The van der Waals surface area contributed by atoms with Gasteiger partial charge in [-0.3, -0.25) is 0 Å². The standard InChI is InChI=1S/C10H13ClN2O2S/c1-15-9(14)7-8(11)12-10(16-7)13-5-3-2-4-6-13/h2-6H2,1H3. The Morgan fingerprint density at radius 1 is 1.44 bits per heavy atom. The molecule has 0 radical (unpaired) electrons. The maximum absolute atomic E-state index is 11.4. The fourth-order valence-electron chi connectivity index (χ4n) is 1.73. The smallest absolute Gasteiger partial charge is 0.351 e. The molecule has 0 bridgehead atoms. The first-order valence-corrected chi connectivity index (χ1v) is 6.41. The van der Waals surface area contributed by atoms with E-state index in [2.05, 4.69) is 14.6 Å². The van der Waals surface area contributed by atoms with Crippen molar-refractivity contribution in [3.05, 3.63) is 10.0 Å². The summed E-state index contributed by atoms with van der Waals surface area (Å²) in [4.78, 5) is 18.2.